The molecule has 0 aliphatic heterocycles. The van der Waals surface area contributed by atoms with E-state index in [9.17, 15) is 9.59 Å². The highest BCUT2D eigenvalue weighted by molar-refractivity contribution is 5.94. The molecule has 3 aromatic rings. The van der Waals surface area contributed by atoms with Crippen LogP contribution in [0.1, 0.15) is 51.7 Å². The summed E-state index contributed by atoms with van der Waals surface area (Å²) in [7, 11) is 1.38. The molecule has 5 nitrogen and oxygen atoms in total. The average Bonchev–Trinajstić information content (AvgIpc) is 3.39. The minimum absolute atomic E-state index is 0.0472. The molecule has 5 rings (SSSR count). The van der Waals surface area contributed by atoms with Crippen LogP contribution in [0.25, 0.3) is 10.8 Å². The van der Waals surface area contributed by atoms with Gasteiger partial charge in [0.15, 0.2) is 0 Å². The minimum Gasteiger partial charge on any atom is -0.464 e. The maximum absolute atomic E-state index is 12.5. The van der Waals surface area contributed by atoms with Crippen molar-refractivity contribution in [2.45, 2.75) is 31.3 Å². The molecule has 1 heterocycles. The normalized spacial score (nSPS) is 24.7. The van der Waals surface area contributed by atoms with Crippen molar-refractivity contribution in [1.29, 1.82) is 0 Å². The van der Waals surface area contributed by atoms with Gasteiger partial charge in [-0.05, 0) is 54.7 Å². The van der Waals surface area contributed by atoms with Crippen molar-refractivity contribution in [2.24, 2.45) is 11.8 Å². The lowest BCUT2D eigenvalue weighted by Gasteiger charge is -2.28. The van der Waals surface area contributed by atoms with E-state index in [0.29, 0.717) is 23.1 Å². The second-order valence-corrected chi connectivity index (χ2v) is 8.25. The van der Waals surface area contributed by atoms with E-state index in [0.717, 1.165) is 35.7 Å². The fourth-order valence-electron chi connectivity index (χ4n) is 5.20. The molecule has 2 saturated carbocycles. The molecule has 30 heavy (non-hydrogen) atoms. The smallest absolute Gasteiger partial charge is 0.356 e. The Bertz CT molecular complexity index is 1110. The number of hydrogen-bond acceptors (Lipinski definition) is 5. The summed E-state index contributed by atoms with van der Waals surface area (Å²) in [6.45, 7) is 0. The Hall–Kier alpha value is -3.21. The molecule has 5 heteroatoms. The van der Waals surface area contributed by atoms with Crippen molar-refractivity contribution in [3.63, 3.8) is 0 Å². The third-order valence-corrected chi connectivity index (χ3v) is 6.58. The second kappa shape index (κ2) is 7.56. The van der Waals surface area contributed by atoms with Crippen LogP contribution in [0.15, 0.2) is 60.7 Å². The van der Waals surface area contributed by atoms with Crippen molar-refractivity contribution in [2.75, 3.05) is 7.11 Å². The van der Waals surface area contributed by atoms with Gasteiger partial charge in [-0.25, -0.2) is 14.6 Å². The third kappa shape index (κ3) is 3.24. The SMILES string of the molecule is COC(=O)c1cc2ccccc2c([C@H]2C[C@H]3C[C@@H]2C[C@@H]3OC(=O)c2ccccc2)n1. The lowest BCUT2D eigenvalue weighted by Crippen LogP contribution is -2.27. The van der Waals surface area contributed by atoms with E-state index in [4.69, 9.17) is 14.5 Å². The monoisotopic (exact) mass is 401 g/mol. The highest BCUT2D eigenvalue weighted by atomic mass is 16.5. The van der Waals surface area contributed by atoms with E-state index in [-0.39, 0.29) is 18.0 Å². The molecule has 0 amide bonds. The molecule has 0 radical (unpaired) electrons. The van der Waals surface area contributed by atoms with Gasteiger partial charge in [0.05, 0.1) is 18.4 Å². The van der Waals surface area contributed by atoms with Crippen LogP contribution < -0.4 is 0 Å². The van der Waals surface area contributed by atoms with Crippen LogP contribution in [-0.4, -0.2) is 30.1 Å². The summed E-state index contributed by atoms with van der Waals surface area (Å²) < 4.78 is 10.8. The van der Waals surface area contributed by atoms with Gasteiger partial charge in [0.25, 0.3) is 0 Å². The predicted molar refractivity (Wildman–Crippen MR) is 112 cm³/mol. The molecule has 2 fully saturated rings. The van der Waals surface area contributed by atoms with Crippen molar-refractivity contribution in [3.8, 4) is 0 Å². The zero-order valence-electron chi connectivity index (χ0n) is 16.8. The number of methoxy groups -OCH3 is 1. The van der Waals surface area contributed by atoms with Crippen molar-refractivity contribution < 1.29 is 19.1 Å². The van der Waals surface area contributed by atoms with Crippen molar-refractivity contribution in [3.05, 3.63) is 77.6 Å². The highest BCUT2D eigenvalue weighted by Crippen LogP contribution is 2.54. The fourth-order valence-corrected chi connectivity index (χ4v) is 5.20. The van der Waals surface area contributed by atoms with Crippen molar-refractivity contribution >= 4 is 22.7 Å². The fraction of sp³-hybridized carbons (Fsp3) is 0.320. The standard InChI is InChI=1S/C25H23NO4/c1-29-25(28)21-13-16-9-5-6-10-19(16)23(26-21)20-12-18-11-17(20)14-22(18)30-24(27)15-7-3-2-4-8-15/h2-10,13,17-18,20,22H,11-12,14H2,1H3/t17-,18-,20+,22+/m1/s1. The number of nitrogens with zero attached hydrogens (tertiary/aromatic N) is 1. The molecule has 0 unspecified atom stereocenters. The van der Waals surface area contributed by atoms with Crippen LogP contribution in [0.5, 0.6) is 0 Å². The largest absolute Gasteiger partial charge is 0.464 e. The molecular formula is C25H23NO4. The van der Waals surface area contributed by atoms with Crippen LogP contribution >= 0.6 is 0 Å². The summed E-state index contributed by atoms with van der Waals surface area (Å²) >= 11 is 0. The molecule has 152 valence electrons. The number of hydrogen-bond donors (Lipinski definition) is 0. The Kier molecular flexibility index (Phi) is 4.74. The molecule has 0 N–H and O–H groups in total. The summed E-state index contributed by atoms with van der Waals surface area (Å²) in [5.74, 6) is 0.319. The van der Waals surface area contributed by atoms with E-state index in [1.165, 1.54) is 7.11 Å². The van der Waals surface area contributed by atoms with Gasteiger partial charge in [-0.1, -0.05) is 42.5 Å². The zero-order valence-corrected chi connectivity index (χ0v) is 16.8. The second-order valence-electron chi connectivity index (χ2n) is 8.25. The molecule has 1 aromatic heterocycles. The van der Waals surface area contributed by atoms with E-state index in [2.05, 4.69) is 6.07 Å². The third-order valence-electron chi connectivity index (χ3n) is 6.58. The van der Waals surface area contributed by atoms with Crippen molar-refractivity contribution in [1.82, 2.24) is 4.98 Å². The van der Waals surface area contributed by atoms with Crippen LogP contribution in [-0.2, 0) is 9.47 Å². The van der Waals surface area contributed by atoms with Crippen LogP contribution in [0.2, 0.25) is 0 Å². The van der Waals surface area contributed by atoms with Crippen LogP contribution in [0.3, 0.4) is 0 Å². The number of carbonyl (C=O) groups is 2. The molecule has 0 spiro atoms. The molecule has 2 aromatic carbocycles. The van der Waals surface area contributed by atoms with E-state index >= 15 is 0 Å². The lowest BCUT2D eigenvalue weighted by atomic mass is 9.83. The molecule has 2 aliphatic carbocycles. The maximum atomic E-state index is 12.5. The minimum atomic E-state index is -0.417. The zero-order chi connectivity index (χ0) is 20.7. The molecule has 2 bridgehead atoms. The van der Waals surface area contributed by atoms with Crippen LogP contribution in [0.4, 0.5) is 0 Å². The summed E-state index contributed by atoms with van der Waals surface area (Å²) in [4.78, 5) is 29.3. The van der Waals surface area contributed by atoms with Gasteiger partial charge in [0.1, 0.15) is 11.8 Å². The molecule has 0 saturated heterocycles. The number of benzene rings is 2. The quantitative estimate of drug-likeness (QED) is 0.590. The molecule has 2 aliphatic rings. The van der Waals surface area contributed by atoms with E-state index < -0.39 is 5.97 Å². The van der Waals surface area contributed by atoms with Gasteiger partial charge >= 0.3 is 11.9 Å². The van der Waals surface area contributed by atoms with Crippen LogP contribution in [0, 0.1) is 11.8 Å². The Morgan fingerprint density at radius 3 is 2.40 bits per heavy atom. The number of rotatable bonds is 4. The number of carbonyl (C=O) groups excluding carboxylic acids is 2. The predicted octanol–water partition coefficient (Wildman–Crippen LogP) is 4.76. The first-order valence-corrected chi connectivity index (χ1v) is 10.4. The summed E-state index contributed by atoms with van der Waals surface area (Å²) in [6, 6.07) is 19.0. The number of ether oxygens (including phenoxy) is 2. The lowest BCUT2D eigenvalue weighted by molar-refractivity contribution is 0.0142. The summed E-state index contributed by atoms with van der Waals surface area (Å²) in [5.41, 5.74) is 1.91. The first kappa shape index (κ1) is 18.8. The maximum Gasteiger partial charge on any atom is 0.356 e. The Morgan fingerprint density at radius 1 is 0.900 bits per heavy atom. The number of pyridine rings is 1. The highest BCUT2D eigenvalue weighted by Gasteiger charge is 2.49. The first-order chi connectivity index (χ1) is 14.6. The van der Waals surface area contributed by atoms with Gasteiger partial charge in [0.2, 0.25) is 0 Å². The Labute approximate surface area is 175 Å². The van der Waals surface area contributed by atoms with Gasteiger partial charge < -0.3 is 9.47 Å². The Morgan fingerprint density at radius 2 is 1.67 bits per heavy atom. The number of fused-ring (bicyclic) bond motifs is 3. The Balaban J connectivity index is 1.39. The first-order valence-electron chi connectivity index (χ1n) is 10.4. The van der Waals surface area contributed by atoms with Gasteiger partial charge in [-0.2, -0.15) is 0 Å². The van der Waals surface area contributed by atoms with Gasteiger partial charge in [-0.15, -0.1) is 0 Å². The summed E-state index contributed by atoms with van der Waals surface area (Å²) in [5, 5.41) is 2.08. The summed E-state index contributed by atoms with van der Waals surface area (Å²) in [6.07, 6.45) is 2.73. The topological polar surface area (TPSA) is 65.5 Å². The number of aromatic nitrogens is 1. The van der Waals surface area contributed by atoms with E-state index in [1.807, 2.05) is 36.4 Å². The molecular weight excluding hydrogens is 378 g/mol. The number of esters is 2. The van der Waals surface area contributed by atoms with E-state index in [1.54, 1.807) is 18.2 Å². The average molecular weight is 401 g/mol. The van der Waals surface area contributed by atoms with Gasteiger partial charge in [0, 0.05) is 11.3 Å². The van der Waals surface area contributed by atoms with Gasteiger partial charge in [-0.3, -0.25) is 0 Å². The molecule has 4 atom stereocenters.